The molecule has 7 nitrogen and oxygen atoms in total. The van der Waals surface area contributed by atoms with E-state index in [4.69, 9.17) is 9.72 Å². The van der Waals surface area contributed by atoms with Crippen molar-refractivity contribution in [2.24, 2.45) is 0 Å². The number of rotatable bonds is 11. The van der Waals surface area contributed by atoms with E-state index in [1.807, 2.05) is 104 Å². The van der Waals surface area contributed by atoms with E-state index in [1.54, 1.807) is 17.3 Å². The monoisotopic (exact) mass is 670 g/mol. The lowest BCUT2D eigenvalue weighted by Gasteiger charge is -2.37. The average molecular weight is 671 g/mol. The predicted molar refractivity (Wildman–Crippen MR) is 199 cm³/mol. The molecule has 2 amide bonds. The number of aromatic nitrogens is 2. The molecule has 1 atom stereocenters. The number of carbonyl (C=O) groups excluding carboxylic acids is 2. The van der Waals surface area contributed by atoms with Gasteiger partial charge in [-0.15, -0.1) is 0 Å². The van der Waals surface area contributed by atoms with Gasteiger partial charge < -0.3 is 14.2 Å². The second-order valence-electron chi connectivity index (χ2n) is 12.4. The second kappa shape index (κ2) is 15.4. The third-order valence-corrected chi connectivity index (χ3v) is 9.15. The zero-order valence-corrected chi connectivity index (χ0v) is 28.1. The van der Waals surface area contributed by atoms with Crippen molar-refractivity contribution in [2.75, 3.05) is 6.54 Å². The van der Waals surface area contributed by atoms with Crippen LogP contribution in [0.15, 0.2) is 183 Å². The van der Waals surface area contributed by atoms with Gasteiger partial charge in [0.15, 0.2) is 0 Å². The minimum atomic E-state index is -0.753. The lowest BCUT2D eigenvalue weighted by molar-refractivity contribution is -0.133. The first-order chi connectivity index (χ1) is 25.1. The number of hydrogen-bond donors (Lipinski definition) is 0. The van der Waals surface area contributed by atoms with Gasteiger partial charge in [-0.25, -0.2) is 9.78 Å². The van der Waals surface area contributed by atoms with Gasteiger partial charge in [-0.1, -0.05) is 158 Å². The summed E-state index contributed by atoms with van der Waals surface area (Å²) < 4.78 is 7.78. The summed E-state index contributed by atoms with van der Waals surface area (Å²) in [6.45, 7) is 0.428. The van der Waals surface area contributed by atoms with Crippen molar-refractivity contribution in [3.8, 4) is 0 Å². The smallest absolute Gasteiger partial charge is 0.414 e. The third kappa shape index (κ3) is 7.14. The van der Waals surface area contributed by atoms with Crippen LogP contribution < -0.4 is 0 Å². The highest BCUT2D eigenvalue weighted by Crippen LogP contribution is 2.40. The summed E-state index contributed by atoms with van der Waals surface area (Å²) in [6, 6.07) is 49.8. The van der Waals surface area contributed by atoms with Crippen molar-refractivity contribution in [3.05, 3.63) is 216 Å². The molecule has 0 saturated carbocycles. The molecular formula is C44H38N4O3. The molecule has 0 aliphatic carbocycles. The van der Waals surface area contributed by atoms with E-state index in [9.17, 15) is 9.59 Å². The Balaban J connectivity index is 1.14. The number of nitrogens with zero attached hydrogens (tertiary/aromatic N) is 4. The summed E-state index contributed by atoms with van der Waals surface area (Å²) >= 11 is 0. The number of amides is 2. The quantitative estimate of drug-likeness (QED) is 0.130. The molecule has 51 heavy (non-hydrogen) atoms. The highest BCUT2D eigenvalue weighted by atomic mass is 16.6. The Morgan fingerprint density at radius 2 is 1.20 bits per heavy atom. The molecule has 0 radical (unpaired) electrons. The van der Waals surface area contributed by atoms with Gasteiger partial charge in [-0.2, -0.15) is 0 Å². The topological polar surface area (TPSA) is 67.7 Å². The standard InChI is InChI=1S/C44H38N4O3/c49-42-41(31-35-17-6-1-7-18-35)48(43(50)51-33-36-19-8-2-9-20-36)30-29-46(42)28-16-27-40-32-47(34-45-40)44(37-21-10-3-11-22-37,38-23-12-4-13-24-38)39-25-14-5-15-26-39/h1-27,29-30,32,34,41H,28,31,33H2/b27-16+/t41-/m0/s1. The summed E-state index contributed by atoms with van der Waals surface area (Å²) in [5.41, 5.74) is 5.23. The Hall–Kier alpha value is -6.47. The summed E-state index contributed by atoms with van der Waals surface area (Å²) in [4.78, 5) is 35.0. The van der Waals surface area contributed by atoms with Gasteiger partial charge in [0, 0.05) is 31.6 Å². The maximum Gasteiger partial charge on any atom is 0.414 e. The van der Waals surface area contributed by atoms with Gasteiger partial charge >= 0.3 is 6.09 Å². The van der Waals surface area contributed by atoms with Gasteiger partial charge in [0.1, 0.15) is 18.2 Å². The molecule has 1 aliphatic rings. The van der Waals surface area contributed by atoms with Gasteiger partial charge in [-0.05, 0) is 33.9 Å². The minimum absolute atomic E-state index is 0.120. The third-order valence-electron chi connectivity index (χ3n) is 9.15. The molecule has 0 fully saturated rings. The van der Waals surface area contributed by atoms with E-state index >= 15 is 0 Å². The van der Waals surface area contributed by atoms with E-state index in [0.717, 1.165) is 33.5 Å². The van der Waals surface area contributed by atoms with Crippen molar-refractivity contribution < 1.29 is 14.3 Å². The molecule has 1 aromatic heterocycles. The van der Waals surface area contributed by atoms with Gasteiger partial charge in [-0.3, -0.25) is 9.69 Å². The summed E-state index contributed by atoms with van der Waals surface area (Å²) in [7, 11) is 0. The summed E-state index contributed by atoms with van der Waals surface area (Å²) in [5, 5.41) is 0. The van der Waals surface area contributed by atoms with E-state index in [0.29, 0.717) is 13.0 Å². The average Bonchev–Trinajstić information content (AvgIpc) is 3.66. The molecule has 0 bridgehead atoms. The first kappa shape index (κ1) is 33.0. The first-order valence-electron chi connectivity index (χ1n) is 17.0. The van der Waals surface area contributed by atoms with Gasteiger partial charge in [0.2, 0.25) is 0 Å². The van der Waals surface area contributed by atoms with Crippen LogP contribution in [0, 0.1) is 0 Å². The van der Waals surface area contributed by atoms with E-state index in [-0.39, 0.29) is 12.5 Å². The van der Waals surface area contributed by atoms with Crippen LogP contribution in [0.4, 0.5) is 4.79 Å². The highest BCUT2D eigenvalue weighted by Gasteiger charge is 2.38. The van der Waals surface area contributed by atoms with Crippen LogP contribution in [-0.2, 0) is 28.1 Å². The largest absolute Gasteiger partial charge is 0.444 e. The lowest BCUT2D eigenvalue weighted by Crippen LogP contribution is -2.52. The second-order valence-corrected chi connectivity index (χ2v) is 12.4. The number of carbonyl (C=O) groups is 2. The summed E-state index contributed by atoms with van der Waals surface area (Å²) in [5.74, 6) is -0.190. The minimum Gasteiger partial charge on any atom is -0.444 e. The number of hydrogen-bond acceptors (Lipinski definition) is 4. The lowest BCUT2D eigenvalue weighted by atomic mass is 9.77. The zero-order chi connectivity index (χ0) is 34.9. The van der Waals surface area contributed by atoms with Crippen LogP contribution >= 0.6 is 0 Å². The van der Waals surface area contributed by atoms with E-state index in [1.165, 1.54) is 4.90 Å². The van der Waals surface area contributed by atoms with Crippen LogP contribution in [0.25, 0.3) is 6.08 Å². The Kier molecular flexibility index (Phi) is 9.97. The normalized spacial score (nSPS) is 14.6. The molecule has 0 unspecified atom stereocenters. The molecule has 5 aromatic carbocycles. The fourth-order valence-corrected chi connectivity index (χ4v) is 6.68. The molecule has 6 aromatic rings. The molecule has 0 N–H and O–H groups in total. The fourth-order valence-electron chi connectivity index (χ4n) is 6.68. The summed E-state index contributed by atoms with van der Waals surface area (Å²) in [6.07, 6.45) is 10.8. The van der Waals surface area contributed by atoms with Crippen molar-refractivity contribution in [2.45, 2.75) is 24.6 Å². The van der Waals surface area contributed by atoms with Crippen molar-refractivity contribution in [1.29, 1.82) is 0 Å². The van der Waals surface area contributed by atoms with Crippen LogP contribution in [0.2, 0.25) is 0 Å². The molecule has 7 heteroatoms. The van der Waals surface area contributed by atoms with Crippen molar-refractivity contribution in [3.63, 3.8) is 0 Å². The number of ether oxygens (including phenoxy) is 1. The van der Waals surface area contributed by atoms with Crippen molar-refractivity contribution >= 4 is 18.1 Å². The first-order valence-corrected chi connectivity index (χ1v) is 17.0. The highest BCUT2D eigenvalue weighted by molar-refractivity contribution is 5.88. The SMILES string of the molecule is O=C1[C@H](Cc2ccccc2)N(C(=O)OCc2ccccc2)C=CN1C/C=C/c1cn(C(c2ccccc2)(c2ccccc2)c2ccccc2)cn1. The maximum absolute atomic E-state index is 13.9. The van der Waals surface area contributed by atoms with Crippen molar-refractivity contribution in [1.82, 2.24) is 19.4 Å². The maximum atomic E-state index is 13.9. The van der Waals surface area contributed by atoms with Gasteiger partial charge in [0.25, 0.3) is 5.91 Å². The Bertz CT molecular complexity index is 2000. The Morgan fingerprint density at radius 1 is 0.686 bits per heavy atom. The molecule has 0 spiro atoms. The van der Waals surface area contributed by atoms with E-state index < -0.39 is 17.7 Å². The molecule has 0 saturated heterocycles. The Morgan fingerprint density at radius 3 is 1.75 bits per heavy atom. The number of imidazole rings is 1. The molecular weight excluding hydrogens is 633 g/mol. The van der Waals surface area contributed by atoms with Crippen LogP contribution in [0.5, 0.6) is 0 Å². The van der Waals surface area contributed by atoms with Gasteiger partial charge in [0.05, 0.1) is 12.0 Å². The molecule has 2 heterocycles. The van der Waals surface area contributed by atoms with Crippen LogP contribution in [0.3, 0.4) is 0 Å². The van der Waals surface area contributed by atoms with Crippen LogP contribution in [-0.4, -0.2) is 43.9 Å². The van der Waals surface area contributed by atoms with Crippen LogP contribution in [0.1, 0.15) is 33.5 Å². The predicted octanol–water partition coefficient (Wildman–Crippen LogP) is 8.30. The Labute approximate surface area is 298 Å². The molecule has 252 valence electrons. The zero-order valence-electron chi connectivity index (χ0n) is 28.1. The molecule has 7 rings (SSSR count). The number of benzene rings is 5. The fraction of sp³-hybridized carbons (Fsp3) is 0.114. The molecule has 1 aliphatic heterocycles. The van der Waals surface area contributed by atoms with E-state index in [2.05, 4.69) is 77.4 Å².